The Hall–Kier alpha value is -2.50. The van der Waals surface area contributed by atoms with E-state index >= 15 is 0 Å². The summed E-state index contributed by atoms with van der Waals surface area (Å²) >= 11 is 0. The van der Waals surface area contributed by atoms with Crippen molar-refractivity contribution in [3.8, 4) is 0 Å². The molecule has 0 unspecified atom stereocenters. The molecule has 0 aliphatic heterocycles. The van der Waals surface area contributed by atoms with Gasteiger partial charge in [0.15, 0.2) is 0 Å². The molecule has 0 spiro atoms. The first-order chi connectivity index (χ1) is 8.95. The Labute approximate surface area is 106 Å². The SMILES string of the molecule is Nc1ccc(F)c(NC(=O)c2cc(F)cc(F)c2)c1. The zero-order valence-corrected chi connectivity index (χ0v) is 9.58. The number of rotatable bonds is 2. The number of hydrogen-bond donors (Lipinski definition) is 2. The normalized spacial score (nSPS) is 10.3. The van der Waals surface area contributed by atoms with Gasteiger partial charge in [0.2, 0.25) is 0 Å². The lowest BCUT2D eigenvalue weighted by molar-refractivity contribution is 0.102. The summed E-state index contributed by atoms with van der Waals surface area (Å²) in [6.07, 6.45) is 0. The predicted octanol–water partition coefficient (Wildman–Crippen LogP) is 2.94. The van der Waals surface area contributed by atoms with Crippen molar-refractivity contribution in [1.82, 2.24) is 0 Å². The van der Waals surface area contributed by atoms with E-state index in [2.05, 4.69) is 5.32 Å². The van der Waals surface area contributed by atoms with Crippen LogP contribution in [0, 0.1) is 17.5 Å². The van der Waals surface area contributed by atoms with Gasteiger partial charge in [-0.3, -0.25) is 4.79 Å². The molecule has 19 heavy (non-hydrogen) atoms. The second kappa shape index (κ2) is 5.01. The number of nitrogens with one attached hydrogen (secondary N) is 1. The molecule has 3 nitrogen and oxygen atoms in total. The van der Waals surface area contributed by atoms with Crippen molar-refractivity contribution in [2.75, 3.05) is 11.1 Å². The highest BCUT2D eigenvalue weighted by molar-refractivity contribution is 6.04. The van der Waals surface area contributed by atoms with Crippen molar-refractivity contribution < 1.29 is 18.0 Å². The van der Waals surface area contributed by atoms with Crippen LogP contribution in [-0.4, -0.2) is 5.91 Å². The van der Waals surface area contributed by atoms with Crippen molar-refractivity contribution in [1.29, 1.82) is 0 Å². The summed E-state index contributed by atoms with van der Waals surface area (Å²) in [7, 11) is 0. The first-order valence-electron chi connectivity index (χ1n) is 5.28. The topological polar surface area (TPSA) is 55.1 Å². The number of benzene rings is 2. The summed E-state index contributed by atoms with van der Waals surface area (Å²) in [6.45, 7) is 0. The van der Waals surface area contributed by atoms with Crippen molar-refractivity contribution in [2.45, 2.75) is 0 Å². The van der Waals surface area contributed by atoms with Gasteiger partial charge in [0.1, 0.15) is 17.5 Å². The lowest BCUT2D eigenvalue weighted by Gasteiger charge is -2.07. The molecule has 0 aliphatic rings. The van der Waals surface area contributed by atoms with Gasteiger partial charge in [0.25, 0.3) is 5.91 Å². The standard InChI is InChI=1S/C13H9F3N2O/c14-8-3-7(4-9(15)5-8)13(19)18-12-6-10(17)1-2-11(12)16/h1-6H,17H2,(H,18,19). The number of halogens is 3. The lowest BCUT2D eigenvalue weighted by Crippen LogP contribution is -2.13. The van der Waals surface area contributed by atoms with Crippen LogP contribution in [0.15, 0.2) is 36.4 Å². The van der Waals surface area contributed by atoms with E-state index < -0.39 is 23.4 Å². The average Bonchev–Trinajstić information content (AvgIpc) is 2.32. The molecule has 0 fully saturated rings. The molecule has 1 amide bonds. The quantitative estimate of drug-likeness (QED) is 0.821. The number of amides is 1. The summed E-state index contributed by atoms with van der Waals surface area (Å²) in [4.78, 5) is 11.7. The molecule has 0 atom stereocenters. The molecule has 3 N–H and O–H groups in total. The summed E-state index contributed by atoms with van der Waals surface area (Å²) < 4.78 is 39.3. The van der Waals surface area contributed by atoms with E-state index in [0.29, 0.717) is 6.07 Å². The highest BCUT2D eigenvalue weighted by Gasteiger charge is 2.12. The maximum atomic E-state index is 13.4. The van der Waals surface area contributed by atoms with E-state index in [1.165, 1.54) is 12.1 Å². The molecule has 2 aromatic rings. The molecular formula is C13H9F3N2O. The van der Waals surface area contributed by atoms with Gasteiger partial charge in [-0.1, -0.05) is 0 Å². The molecule has 0 bridgehead atoms. The molecular weight excluding hydrogens is 257 g/mol. The number of anilines is 2. The Morgan fingerprint density at radius 2 is 1.63 bits per heavy atom. The Morgan fingerprint density at radius 3 is 2.26 bits per heavy atom. The first-order valence-corrected chi connectivity index (χ1v) is 5.28. The lowest BCUT2D eigenvalue weighted by atomic mass is 10.2. The average molecular weight is 266 g/mol. The predicted molar refractivity (Wildman–Crippen MR) is 65.1 cm³/mol. The van der Waals surface area contributed by atoms with E-state index in [9.17, 15) is 18.0 Å². The number of nitrogen functional groups attached to an aromatic ring is 1. The maximum Gasteiger partial charge on any atom is 0.255 e. The van der Waals surface area contributed by atoms with Crippen molar-refractivity contribution in [3.63, 3.8) is 0 Å². The molecule has 2 aromatic carbocycles. The molecule has 0 aromatic heterocycles. The van der Waals surface area contributed by atoms with Crippen LogP contribution in [0.2, 0.25) is 0 Å². The van der Waals surface area contributed by atoms with Crippen LogP contribution < -0.4 is 11.1 Å². The van der Waals surface area contributed by atoms with Gasteiger partial charge >= 0.3 is 0 Å². The third-order valence-corrected chi connectivity index (χ3v) is 2.36. The van der Waals surface area contributed by atoms with Gasteiger partial charge in [-0.15, -0.1) is 0 Å². The zero-order chi connectivity index (χ0) is 14.0. The minimum atomic E-state index is -0.891. The second-order valence-electron chi connectivity index (χ2n) is 3.85. The van der Waals surface area contributed by atoms with Crippen LogP contribution in [-0.2, 0) is 0 Å². The van der Waals surface area contributed by atoms with Gasteiger partial charge in [0, 0.05) is 17.3 Å². The third-order valence-electron chi connectivity index (χ3n) is 2.36. The summed E-state index contributed by atoms with van der Waals surface area (Å²) in [5, 5.41) is 2.19. The van der Waals surface area contributed by atoms with Crippen LogP contribution in [0.1, 0.15) is 10.4 Å². The summed E-state index contributed by atoms with van der Waals surface area (Å²) in [5.41, 5.74) is 5.30. The fourth-order valence-electron chi connectivity index (χ4n) is 1.52. The number of hydrogen-bond acceptors (Lipinski definition) is 2. The Bertz CT molecular complexity index is 624. The number of nitrogens with two attached hydrogens (primary N) is 1. The fraction of sp³-hybridized carbons (Fsp3) is 0. The fourth-order valence-corrected chi connectivity index (χ4v) is 1.52. The molecule has 2 rings (SSSR count). The third kappa shape index (κ3) is 3.04. The minimum absolute atomic E-state index is 0.158. The molecule has 0 saturated carbocycles. The Kier molecular flexibility index (Phi) is 3.41. The summed E-state index contributed by atoms with van der Waals surface area (Å²) in [5.74, 6) is -3.31. The molecule has 0 heterocycles. The highest BCUT2D eigenvalue weighted by Crippen LogP contribution is 2.18. The Morgan fingerprint density at radius 1 is 1.00 bits per heavy atom. The highest BCUT2D eigenvalue weighted by atomic mass is 19.1. The van der Waals surface area contributed by atoms with E-state index in [-0.39, 0.29) is 16.9 Å². The first kappa shape index (κ1) is 12.9. The van der Waals surface area contributed by atoms with Gasteiger partial charge < -0.3 is 11.1 Å². The van der Waals surface area contributed by atoms with Crippen LogP contribution in [0.3, 0.4) is 0 Å². The zero-order valence-electron chi connectivity index (χ0n) is 9.58. The molecule has 98 valence electrons. The smallest absolute Gasteiger partial charge is 0.255 e. The van der Waals surface area contributed by atoms with Gasteiger partial charge in [-0.2, -0.15) is 0 Å². The largest absolute Gasteiger partial charge is 0.399 e. The van der Waals surface area contributed by atoms with E-state index in [0.717, 1.165) is 18.2 Å². The van der Waals surface area contributed by atoms with E-state index in [1.807, 2.05) is 0 Å². The maximum absolute atomic E-state index is 13.4. The van der Waals surface area contributed by atoms with E-state index in [4.69, 9.17) is 5.73 Å². The molecule has 0 radical (unpaired) electrons. The number of carbonyl (C=O) groups is 1. The number of carbonyl (C=O) groups excluding carboxylic acids is 1. The molecule has 6 heteroatoms. The van der Waals surface area contributed by atoms with Crippen LogP contribution in [0.4, 0.5) is 24.5 Å². The van der Waals surface area contributed by atoms with E-state index in [1.54, 1.807) is 0 Å². The van der Waals surface area contributed by atoms with Crippen LogP contribution in [0.5, 0.6) is 0 Å². The van der Waals surface area contributed by atoms with Crippen molar-refractivity contribution in [3.05, 3.63) is 59.4 Å². The van der Waals surface area contributed by atoms with Crippen LogP contribution >= 0.6 is 0 Å². The Balaban J connectivity index is 2.28. The molecule has 0 saturated heterocycles. The van der Waals surface area contributed by atoms with Crippen molar-refractivity contribution >= 4 is 17.3 Å². The second-order valence-corrected chi connectivity index (χ2v) is 3.85. The van der Waals surface area contributed by atoms with Crippen molar-refractivity contribution in [2.24, 2.45) is 0 Å². The van der Waals surface area contributed by atoms with Gasteiger partial charge in [-0.25, -0.2) is 13.2 Å². The summed E-state index contributed by atoms with van der Waals surface area (Å²) in [6, 6.07) is 5.95. The van der Waals surface area contributed by atoms with Gasteiger partial charge in [0.05, 0.1) is 5.69 Å². The van der Waals surface area contributed by atoms with Crippen LogP contribution in [0.25, 0.3) is 0 Å². The molecule has 0 aliphatic carbocycles. The van der Waals surface area contributed by atoms with Gasteiger partial charge in [-0.05, 0) is 30.3 Å². The monoisotopic (exact) mass is 266 g/mol. The minimum Gasteiger partial charge on any atom is -0.399 e.